The van der Waals surface area contributed by atoms with E-state index >= 15 is 0 Å². The molecule has 0 saturated carbocycles. The number of nitrogens with zero attached hydrogens (tertiary/aromatic N) is 2. The Kier molecular flexibility index (Phi) is 7.24. The number of carbonyl (C=O) groups excluding carboxylic acids is 1. The van der Waals surface area contributed by atoms with E-state index in [-0.39, 0.29) is 17.3 Å². The molecule has 1 aromatic heterocycles. The van der Waals surface area contributed by atoms with Crippen LogP contribution in [0.3, 0.4) is 0 Å². The van der Waals surface area contributed by atoms with E-state index in [1.165, 1.54) is 4.57 Å². The van der Waals surface area contributed by atoms with Crippen molar-refractivity contribution in [1.29, 1.82) is 0 Å². The quantitative estimate of drug-likeness (QED) is 0.517. The second kappa shape index (κ2) is 9.92. The summed E-state index contributed by atoms with van der Waals surface area (Å²) in [5, 5.41) is 5.31. The monoisotopic (exact) mass is 497 g/mol. The van der Waals surface area contributed by atoms with Gasteiger partial charge in [0.2, 0.25) is 5.91 Å². The molecule has 3 aromatic rings. The van der Waals surface area contributed by atoms with E-state index in [1.807, 2.05) is 23.1 Å². The minimum Gasteiger partial charge on any atom is -0.341 e. The van der Waals surface area contributed by atoms with Crippen LogP contribution in [0, 0.1) is 5.92 Å². The molecule has 31 heavy (non-hydrogen) atoms. The van der Waals surface area contributed by atoms with Crippen molar-refractivity contribution in [2.45, 2.75) is 25.9 Å². The van der Waals surface area contributed by atoms with Crippen molar-refractivity contribution in [2.24, 2.45) is 5.92 Å². The van der Waals surface area contributed by atoms with Gasteiger partial charge in [-0.15, -0.1) is 0 Å². The topological polar surface area (TPSA) is 54.3 Å². The summed E-state index contributed by atoms with van der Waals surface area (Å²) in [5.41, 5.74) is 1.74. The van der Waals surface area contributed by atoms with E-state index in [1.54, 1.807) is 18.2 Å². The number of hydrogen-bond donors (Lipinski definition) is 1. The number of benzene rings is 2. The Bertz CT molecular complexity index is 1150. The van der Waals surface area contributed by atoms with Crippen LogP contribution in [0.4, 0.5) is 0 Å². The van der Waals surface area contributed by atoms with Crippen molar-refractivity contribution >= 4 is 62.3 Å². The Morgan fingerprint density at radius 3 is 2.52 bits per heavy atom. The summed E-state index contributed by atoms with van der Waals surface area (Å²) < 4.78 is 2.37. The van der Waals surface area contributed by atoms with E-state index in [9.17, 15) is 9.59 Å². The number of halogens is 3. The molecule has 9 heteroatoms. The zero-order valence-electron chi connectivity index (χ0n) is 16.7. The van der Waals surface area contributed by atoms with Gasteiger partial charge in [-0.25, -0.2) is 0 Å². The number of amides is 1. The van der Waals surface area contributed by atoms with Crippen LogP contribution in [-0.2, 0) is 17.9 Å². The molecule has 2 aromatic carbocycles. The maximum absolute atomic E-state index is 12.8. The van der Waals surface area contributed by atoms with Gasteiger partial charge < -0.3 is 10.2 Å². The predicted molar refractivity (Wildman–Crippen MR) is 129 cm³/mol. The Morgan fingerprint density at radius 2 is 1.77 bits per heavy atom. The van der Waals surface area contributed by atoms with Crippen molar-refractivity contribution in [3.8, 4) is 0 Å². The first-order valence-corrected chi connectivity index (χ1v) is 12.1. The number of rotatable bonds is 6. The highest BCUT2D eigenvalue weighted by atomic mass is 35.5. The normalized spacial score (nSPS) is 15.0. The lowest BCUT2D eigenvalue weighted by Crippen LogP contribution is -2.42. The Balaban J connectivity index is 1.28. The molecule has 2 heterocycles. The van der Waals surface area contributed by atoms with Crippen molar-refractivity contribution in [1.82, 2.24) is 14.8 Å². The Hall–Kier alpha value is -1.57. The second-order valence-electron chi connectivity index (χ2n) is 7.76. The molecule has 0 radical (unpaired) electrons. The van der Waals surface area contributed by atoms with Crippen LogP contribution >= 0.6 is 46.1 Å². The largest absolute Gasteiger partial charge is 0.341 e. The zero-order valence-corrected chi connectivity index (χ0v) is 19.8. The summed E-state index contributed by atoms with van der Waals surface area (Å²) in [6.07, 6.45) is 1.86. The van der Waals surface area contributed by atoms with Gasteiger partial charge in [0.1, 0.15) is 6.54 Å². The molecule has 1 N–H and O–H groups in total. The van der Waals surface area contributed by atoms with E-state index in [0.717, 1.165) is 46.5 Å². The Morgan fingerprint density at radius 1 is 1.06 bits per heavy atom. The molecule has 164 valence electrons. The van der Waals surface area contributed by atoms with Gasteiger partial charge >= 0.3 is 4.87 Å². The van der Waals surface area contributed by atoms with Gasteiger partial charge in [-0.1, -0.05) is 52.2 Å². The van der Waals surface area contributed by atoms with Gasteiger partial charge in [0.05, 0.1) is 10.2 Å². The number of nitrogens with one attached hydrogen (secondary N) is 1. The summed E-state index contributed by atoms with van der Waals surface area (Å²) in [4.78, 5) is 26.9. The molecule has 1 aliphatic heterocycles. The lowest BCUT2D eigenvalue weighted by atomic mass is 9.96. The van der Waals surface area contributed by atoms with Crippen LogP contribution in [0.25, 0.3) is 10.2 Å². The molecule has 1 saturated heterocycles. The molecule has 1 aliphatic rings. The zero-order chi connectivity index (χ0) is 22.0. The number of fused-ring (bicyclic) bond motifs is 1. The average molecular weight is 499 g/mol. The maximum Gasteiger partial charge on any atom is 0.308 e. The summed E-state index contributed by atoms with van der Waals surface area (Å²) in [7, 11) is 0. The van der Waals surface area contributed by atoms with Crippen molar-refractivity contribution in [2.75, 3.05) is 19.6 Å². The SMILES string of the molecule is O=C(Cn1c(=O)sc2ccc(Cl)cc21)N1CCC(CNCc2ccc(Cl)cc2Cl)CC1. The minimum absolute atomic E-state index is 0.0267. The van der Waals surface area contributed by atoms with Crippen molar-refractivity contribution in [3.63, 3.8) is 0 Å². The highest BCUT2D eigenvalue weighted by molar-refractivity contribution is 7.16. The van der Waals surface area contributed by atoms with E-state index in [2.05, 4.69) is 5.32 Å². The van der Waals surface area contributed by atoms with Gasteiger partial charge in [-0.2, -0.15) is 0 Å². The third-order valence-corrected chi connectivity index (χ3v) is 7.44. The average Bonchev–Trinajstić information content (AvgIpc) is 3.04. The number of piperidine rings is 1. The van der Waals surface area contributed by atoms with E-state index in [0.29, 0.717) is 40.6 Å². The number of aromatic nitrogens is 1. The first kappa shape index (κ1) is 22.6. The number of thiazole rings is 1. The van der Waals surface area contributed by atoms with Gasteiger partial charge in [-0.05, 0) is 61.2 Å². The fourth-order valence-electron chi connectivity index (χ4n) is 3.88. The summed E-state index contributed by atoms with van der Waals surface area (Å²) in [6.45, 7) is 3.01. The van der Waals surface area contributed by atoms with Crippen LogP contribution < -0.4 is 10.2 Å². The third kappa shape index (κ3) is 5.44. The molecule has 0 spiro atoms. The highest BCUT2D eigenvalue weighted by Gasteiger charge is 2.23. The molecule has 0 atom stereocenters. The van der Waals surface area contributed by atoms with Crippen LogP contribution in [0.15, 0.2) is 41.2 Å². The fraction of sp³-hybridized carbons (Fsp3) is 0.364. The number of hydrogen-bond acceptors (Lipinski definition) is 4. The van der Waals surface area contributed by atoms with Crippen LogP contribution in [-0.4, -0.2) is 35.0 Å². The third-order valence-electron chi connectivity index (χ3n) is 5.65. The summed E-state index contributed by atoms with van der Waals surface area (Å²) in [5.74, 6) is 0.472. The molecule has 0 bridgehead atoms. The van der Waals surface area contributed by atoms with Crippen molar-refractivity contribution in [3.05, 3.63) is 66.7 Å². The lowest BCUT2D eigenvalue weighted by molar-refractivity contribution is -0.133. The van der Waals surface area contributed by atoms with Gasteiger partial charge in [0, 0.05) is 34.7 Å². The van der Waals surface area contributed by atoms with E-state index in [4.69, 9.17) is 34.8 Å². The standard InChI is InChI=1S/C22H22Cl3N3O2S/c23-16-2-1-15(18(25)9-16)12-26-11-14-5-7-27(8-6-14)21(29)13-28-19-10-17(24)3-4-20(19)31-22(28)30/h1-4,9-10,14,26H,5-8,11-13H2. The molecule has 0 aliphatic carbocycles. The summed E-state index contributed by atoms with van der Waals surface area (Å²) >= 11 is 19.4. The molecule has 1 amide bonds. The van der Waals surface area contributed by atoms with Crippen molar-refractivity contribution < 1.29 is 4.79 Å². The predicted octanol–water partition coefficient (Wildman–Crippen LogP) is 5.05. The lowest BCUT2D eigenvalue weighted by Gasteiger charge is -2.32. The second-order valence-corrected chi connectivity index (χ2v) is 10.0. The van der Waals surface area contributed by atoms with Gasteiger partial charge in [0.15, 0.2) is 0 Å². The molecular formula is C22H22Cl3N3O2S. The number of likely N-dealkylation sites (tertiary alicyclic amines) is 1. The molecule has 4 rings (SSSR count). The van der Waals surface area contributed by atoms with Crippen LogP contribution in [0.1, 0.15) is 18.4 Å². The first-order chi connectivity index (χ1) is 14.9. The molecule has 1 fully saturated rings. The van der Waals surface area contributed by atoms with Gasteiger partial charge in [0.25, 0.3) is 0 Å². The minimum atomic E-state index is -0.134. The summed E-state index contributed by atoms with van der Waals surface area (Å²) in [6, 6.07) is 10.8. The Labute approximate surface area is 199 Å². The smallest absolute Gasteiger partial charge is 0.308 e. The molecular weight excluding hydrogens is 477 g/mol. The fourth-order valence-corrected chi connectivity index (χ4v) is 5.40. The number of carbonyl (C=O) groups is 1. The van der Waals surface area contributed by atoms with E-state index < -0.39 is 0 Å². The first-order valence-electron chi connectivity index (χ1n) is 10.1. The van der Waals surface area contributed by atoms with Crippen LogP contribution in [0.5, 0.6) is 0 Å². The molecule has 5 nitrogen and oxygen atoms in total. The van der Waals surface area contributed by atoms with Gasteiger partial charge in [-0.3, -0.25) is 14.2 Å². The maximum atomic E-state index is 12.8. The molecule has 0 unspecified atom stereocenters. The highest BCUT2D eigenvalue weighted by Crippen LogP contribution is 2.23. The van der Waals surface area contributed by atoms with Crippen LogP contribution in [0.2, 0.25) is 15.1 Å².